The van der Waals surface area contributed by atoms with Crippen LogP contribution in [0.1, 0.15) is 12.5 Å². The van der Waals surface area contributed by atoms with E-state index in [-0.39, 0.29) is 24.4 Å². The van der Waals surface area contributed by atoms with Gasteiger partial charge in [0.25, 0.3) is 0 Å². The molecule has 0 saturated heterocycles. The highest BCUT2D eigenvalue weighted by molar-refractivity contribution is 5.71. The summed E-state index contributed by atoms with van der Waals surface area (Å²) < 4.78 is 23.7. The number of hydrogen-bond acceptors (Lipinski definition) is 4. The van der Waals surface area contributed by atoms with E-state index in [1.54, 1.807) is 13.0 Å². The molecule has 0 saturated carbocycles. The SMILES string of the molecule is CCOC(=O)CN(C)CC1Cc2cc(F)ccc2O1. The summed E-state index contributed by atoms with van der Waals surface area (Å²) in [5, 5.41) is 0. The summed E-state index contributed by atoms with van der Waals surface area (Å²) in [5.41, 5.74) is 0.884. The second-order valence-corrected chi connectivity index (χ2v) is 4.70. The molecule has 1 aliphatic rings. The van der Waals surface area contributed by atoms with E-state index in [2.05, 4.69) is 0 Å². The molecule has 0 amide bonds. The number of rotatable bonds is 5. The fourth-order valence-electron chi connectivity index (χ4n) is 2.23. The maximum Gasteiger partial charge on any atom is 0.320 e. The summed E-state index contributed by atoms with van der Waals surface area (Å²) in [4.78, 5) is 13.2. The van der Waals surface area contributed by atoms with Gasteiger partial charge in [0.05, 0.1) is 13.2 Å². The first-order valence-corrected chi connectivity index (χ1v) is 6.37. The van der Waals surface area contributed by atoms with Gasteiger partial charge >= 0.3 is 5.97 Å². The molecule has 0 bridgehead atoms. The van der Waals surface area contributed by atoms with Gasteiger partial charge in [0.15, 0.2) is 0 Å². The van der Waals surface area contributed by atoms with Crippen molar-refractivity contribution >= 4 is 5.97 Å². The standard InChI is InChI=1S/C14H18FNO3/c1-3-18-14(17)9-16(2)8-12-7-10-6-11(15)4-5-13(10)19-12/h4-6,12H,3,7-9H2,1-2H3. The number of benzene rings is 1. The van der Waals surface area contributed by atoms with Crippen LogP contribution in [0.3, 0.4) is 0 Å². The number of carbonyl (C=O) groups is 1. The van der Waals surface area contributed by atoms with Crippen molar-refractivity contribution in [1.29, 1.82) is 0 Å². The van der Waals surface area contributed by atoms with Crippen molar-refractivity contribution in [3.63, 3.8) is 0 Å². The molecule has 0 aromatic heterocycles. The lowest BCUT2D eigenvalue weighted by molar-refractivity contribution is -0.144. The first kappa shape index (κ1) is 13.8. The summed E-state index contributed by atoms with van der Waals surface area (Å²) in [6, 6.07) is 4.54. The van der Waals surface area contributed by atoms with Gasteiger partial charge in [-0.25, -0.2) is 4.39 Å². The van der Waals surface area contributed by atoms with Crippen molar-refractivity contribution in [2.45, 2.75) is 19.4 Å². The molecule has 1 aromatic rings. The molecule has 0 aliphatic carbocycles. The fourth-order valence-corrected chi connectivity index (χ4v) is 2.23. The summed E-state index contributed by atoms with van der Waals surface area (Å²) in [6.45, 7) is 3.01. The predicted molar refractivity (Wildman–Crippen MR) is 68.7 cm³/mol. The van der Waals surface area contributed by atoms with Crippen LogP contribution in [0.2, 0.25) is 0 Å². The van der Waals surface area contributed by atoms with Gasteiger partial charge in [-0.1, -0.05) is 0 Å². The molecule has 0 radical (unpaired) electrons. The summed E-state index contributed by atoms with van der Waals surface area (Å²) in [5.74, 6) is 0.241. The van der Waals surface area contributed by atoms with Crippen LogP contribution in [0.15, 0.2) is 18.2 Å². The Kier molecular flexibility index (Phi) is 4.37. The van der Waals surface area contributed by atoms with E-state index in [1.807, 2.05) is 11.9 Å². The highest BCUT2D eigenvalue weighted by Crippen LogP contribution is 2.29. The third-order valence-corrected chi connectivity index (χ3v) is 2.98. The zero-order valence-electron chi connectivity index (χ0n) is 11.2. The lowest BCUT2D eigenvalue weighted by Gasteiger charge is -2.19. The highest BCUT2D eigenvalue weighted by Gasteiger charge is 2.24. The van der Waals surface area contributed by atoms with E-state index in [1.165, 1.54) is 12.1 Å². The number of likely N-dealkylation sites (N-methyl/N-ethyl adjacent to an activating group) is 1. The van der Waals surface area contributed by atoms with E-state index >= 15 is 0 Å². The number of halogens is 1. The second kappa shape index (κ2) is 6.02. The normalized spacial score (nSPS) is 17.2. The Bertz CT molecular complexity index is 464. The van der Waals surface area contributed by atoms with Crippen LogP contribution in [0.25, 0.3) is 0 Å². The molecular weight excluding hydrogens is 249 g/mol. The van der Waals surface area contributed by atoms with Gasteiger partial charge in [-0.15, -0.1) is 0 Å². The molecule has 1 unspecified atom stereocenters. The third kappa shape index (κ3) is 3.67. The van der Waals surface area contributed by atoms with E-state index < -0.39 is 0 Å². The fraction of sp³-hybridized carbons (Fsp3) is 0.500. The quantitative estimate of drug-likeness (QED) is 0.760. The molecule has 1 aromatic carbocycles. The Hall–Kier alpha value is -1.62. The van der Waals surface area contributed by atoms with E-state index in [0.717, 1.165) is 11.3 Å². The molecule has 1 atom stereocenters. The van der Waals surface area contributed by atoms with Crippen LogP contribution in [-0.4, -0.2) is 43.7 Å². The number of nitrogens with zero attached hydrogens (tertiary/aromatic N) is 1. The Morgan fingerprint density at radius 3 is 3.11 bits per heavy atom. The molecule has 0 N–H and O–H groups in total. The average molecular weight is 267 g/mol. The molecule has 4 nitrogen and oxygen atoms in total. The van der Waals surface area contributed by atoms with Crippen molar-refractivity contribution in [2.24, 2.45) is 0 Å². The molecular formula is C14H18FNO3. The van der Waals surface area contributed by atoms with Crippen LogP contribution in [0, 0.1) is 5.82 Å². The van der Waals surface area contributed by atoms with Crippen LogP contribution in [0.5, 0.6) is 5.75 Å². The summed E-state index contributed by atoms with van der Waals surface area (Å²) >= 11 is 0. The average Bonchev–Trinajstić information content (AvgIpc) is 2.70. The van der Waals surface area contributed by atoms with Crippen molar-refractivity contribution in [1.82, 2.24) is 4.90 Å². The minimum absolute atomic E-state index is 0.0452. The zero-order chi connectivity index (χ0) is 13.8. The first-order chi connectivity index (χ1) is 9.08. The van der Waals surface area contributed by atoms with Gasteiger partial charge in [0.1, 0.15) is 17.7 Å². The molecule has 1 heterocycles. The largest absolute Gasteiger partial charge is 0.488 e. The van der Waals surface area contributed by atoms with Crippen molar-refractivity contribution in [3.8, 4) is 5.75 Å². The van der Waals surface area contributed by atoms with Crippen LogP contribution in [0.4, 0.5) is 4.39 Å². The second-order valence-electron chi connectivity index (χ2n) is 4.70. The molecule has 0 spiro atoms. The van der Waals surface area contributed by atoms with Crippen molar-refractivity contribution in [2.75, 3.05) is 26.7 Å². The monoisotopic (exact) mass is 267 g/mol. The van der Waals surface area contributed by atoms with Crippen LogP contribution in [-0.2, 0) is 16.0 Å². The predicted octanol–water partition coefficient (Wildman–Crippen LogP) is 1.62. The molecule has 5 heteroatoms. The van der Waals surface area contributed by atoms with Gasteiger partial charge < -0.3 is 9.47 Å². The number of esters is 1. The Labute approximate surface area is 112 Å². The summed E-state index contributed by atoms with van der Waals surface area (Å²) in [6.07, 6.45) is 0.622. The Balaban J connectivity index is 1.84. The lowest BCUT2D eigenvalue weighted by Crippen LogP contribution is -2.36. The smallest absolute Gasteiger partial charge is 0.320 e. The van der Waals surface area contributed by atoms with Gasteiger partial charge in [-0.05, 0) is 32.2 Å². The van der Waals surface area contributed by atoms with E-state index in [4.69, 9.17) is 9.47 Å². The first-order valence-electron chi connectivity index (χ1n) is 6.37. The third-order valence-electron chi connectivity index (χ3n) is 2.98. The number of fused-ring (bicyclic) bond motifs is 1. The summed E-state index contributed by atoms with van der Waals surface area (Å²) in [7, 11) is 1.84. The lowest BCUT2D eigenvalue weighted by atomic mass is 10.1. The van der Waals surface area contributed by atoms with Gasteiger partial charge in [-0.2, -0.15) is 0 Å². The Morgan fingerprint density at radius 2 is 2.37 bits per heavy atom. The van der Waals surface area contributed by atoms with Crippen LogP contribution >= 0.6 is 0 Å². The molecule has 104 valence electrons. The maximum absolute atomic E-state index is 13.1. The number of carbonyl (C=O) groups excluding carboxylic acids is 1. The Morgan fingerprint density at radius 1 is 1.58 bits per heavy atom. The minimum atomic E-state index is -0.247. The molecule has 0 fully saturated rings. The van der Waals surface area contributed by atoms with E-state index in [9.17, 15) is 9.18 Å². The van der Waals surface area contributed by atoms with Crippen LogP contribution < -0.4 is 4.74 Å². The maximum atomic E-state index is 13.1. The van der Waals surface area contributed by atoms with Crippen molar-refractivity contribution < 1.29 is 18.7 Å². The number of hydrogen-bond donors (Lipinski definition) is 0. The minimum Gasteiger partial charge on any atom is -0.488 e. The van der Waals surface area contributed by atoms with Gasteiger partial charge in [0, 0.05) is 18.5 Å². The van der Waals surface area contributed by atoms with E-state index in [0.29, 0.717) is 19.6 Å². The number of ether oxygens (including phenoxy) is 2. The van der Waals surface area contributed by atoms with Gasteiger partial charge in [0.2, 0.25) is 0 Å². The highest BCUT2D eigenvalue weighted by atomic mass is 19.1. The molecule has 2 rings (SSSR count). The van der Waals surface area contributed by atoms with Crippen molar-refractivity contribution in [3.05, 3.63) is 29.6 Å². The topological polar surface area (TPSA) is 38.8 Å². The molecule has 1 aliphatic heterocycles. The zero-order valence-corrected chi connectivity index (χ0v) is 11.2. The van der Waals surface area contributed by atoms with Gasteiger partial charge in [-0.3, -0.25) is 9.69 Å². The molecule has 19 heavy (non-hydrogen) atoms.